The minimum Gasteiger partial charge on any atom is -0.497 e. The van der Waals surface area contributed by atoms with E-state index in [0.29, 0.717) is 18.0 Å². The van der Waals surface area contributed by atoms with E-state index in [9.17, 15) is 17.6 Å². The molecule has 9 heteroatoms. The minimum atomic E-state index is -4.12. The zero-order valence-electron chi connectivity index (χ0n) is 19.6. The molecule has 1 amide bonds. The van der Waals surface area contributed by atoms with Crippen LogP contribution < -0.4 is 13.8 Å². The van der Waals surface area contributed by atoms with Gasteiger partial charge in [-0.3, -0.25) is 9.10 Å². The van der Waals surface area contributed by atoms with Crippen LogP contribution in [0.4, 0.5) is 10.1 Å². The quantitative estimate of drug-likeness (QED) is 0.460. The van der Waals surface area contributed by atoms with Crippen molar-refractivity contribution in [3.63, 3.8) is 0 Å². The highest BCUT2D eigenvalue weighted by Crippen LogP contribution is 2.35. The Labute approximate surface area is 204 Å². The van der Waals surface area contributed by atoms with Gasteiger partial charge in [0.25, 0.3) is 10.0 Å². The molecule has 0 spiro atoms. The van der Waals surface area contributed by atoms with Gasteiger partial charge in [-0.2, -0.15) is 0 Å². The molecule has 184 valence electrons. The second-order valence-corrected chi connectivity index (χ2v) is 10.0. The van der Waals surface area contributed by atoms with E-state index in [1.807, 2.05) is 0 Å². The number of hydrogen-bond donors (Lipinski definition) is 0. The van der Waals surface area contributed by atoms with Crippen molar-refractivity contribution >= 4 is 21.6 Å². The number of benzene rings is 3. The van der Waals surface area contributed by atoms with Crippen LogP contribution in [0.2, 0.25) is 0 Å². The molecule has 0 saturated carbocycles. The summed E-state index contributed by atoms with van der Waals surface area (Å²) in [7, 11) is -1.18. The van der Waals surface area contributed by atoms with Crippen molar-refractivity contribution in [2.75, 3.05) is 31.6 Å². The number of carbonyl (C=O) groups is 1. The molecule has 1 saturated heterocycles. The van der Waals surface area contributed by atoms with E-state index in [2.05, 4.69) is 0 Å². The van der Waals surface area contributed by atoms with Crippen molar-refractivity contribution in [3.8, 4) is 11.5 Å². The maximum absolute atomic E-state index is 13.8. The zero-order chi connectivity index (χ0) is 25.0. The van der Waals surface area contributed by atoms with Crippen molar-refractivity contribution in [2.24, 2.45) is 0 Å². The van der Waals surface area contributed by atoms with Gasteiger partial charge < -0.3 is 14.4 Å². The third kappa shape index (κ3) is 5.09. The van der Waals surface area contributed by atoms with Crippen LogP contribution in [0.1, 0.15) is 24.4 Å². The van der Waals surface area contributed by atoms with Crippen LogP contribution in [-0.4, -0.2) is 46.5 Å². The van der Waals surface area contributed by atoms with Crippen LogP contribution in [0.25, 0.3) is 0 Å². The maximum Gasteiger partial charge on any atom is 0.264 e. The van der Waals surface area contributed by atoms with Gasteiger partial charge in [-0.05, 0) is 66.9 Å². The van der Waals surface area contributed by atoms with Crippen LogP contribution in [0.5, 0.6) is 11.5 Å². The molecule has 7 nitrogen and oxygen atoms in total. The van der Waals surface area contributed by atoms with E-state index in [0.717, 1.165) is 22.7 Å². The Morgan fingerprint density at radius 1 is 1.00 bits per heavy atom. The number of amides is 1. The number of para-hydroxylation sites is 2. The topological polar surface area (TPSA) is 76.2 Å². The highest BCUT2D eigenvalue weighted by molar-refractivity contribution is 7.92. The van der Waals surface area contributed by atoms with Gasteiger partial charge >= 0.3 is 0 Å². The Kier molecular flexibility index (Phi) is 7.25. The van der Waals surface area contributed by atoms with Crippen molar-refractivity contribution in [1.29, 1.82) is 0 Å². The average molecular weight is 499 g/mol. The van der Waals surface area contributed by atoms with Crippen molar-refractivity contribution in [1.82, 2.24) is 4.90 Å². The van der Waals surface area contributed by atoms with Crippen LogP contribution in [0.15, 0.2) is 77.7 Å². The molecule has 35 heavy (non-hydrogen) atoms. The van der Waals surface area contributed by atoms with E-state index in [-0.39, 0.29) is 28.3 Å². The van der Waals surface area contributed by atoms with E-state index >= 15 is 0 Å². The van der Waals surface area contributed by atoms with Crippen molar-refractivity contribution in [3.05, 3.63) is 84.2 Å². The van der Waals surface area contributed by atoms with Gasteiger partial charge in [0.1, 0.15) is 23.9 Å². The molecule has 0 N–H and O–H groups in total. The number of carbonyl (C=O) groups excluding carboxylic acids is 1. The summed E-state index contributed by atoms with van der Waals surface area (Å²) in [6.07, 6.45) is 1.49. The maximum atomic E-state index is 13.8. The van der Waals surface area contributed by atoms with Gasteiger partial charge in [-0.1, -0.05) is 24.3 Å². The Balaban J connectivity index is 1.70. The van der Waals surface area contributed by atoms with Crippen LogP contribution in [-0.2, 0) is 14.8 Å². The summed E-state index contributed by atoms with van der Waals surface area (Å²) >= 11 is 0. The van der Waals surface area contributed by atoms with Crippen LogP contribution >= 0.6 is 0 Å². The fraction of sp³-hybridized carbons (Fsp3) is 0.269. The first-order chi connectivity index (χ1) is 16.8. The Bertz CT molecular complexity index is 1280. The first-order valence-electron chi connectivity index (χ1n) is 11.2. The molecule has 1 aliphatic rings. The normalized spacial score (nSPS) is 15.6. The first-order valence-corrected chi connectivity index (χ1v) is 12.6. The number of rotatable bonds is 8. The number of likely N-dealkylation sites (tertiary alicyclic amines) is 1. The number of nitrogens with zero attached hydrogens (tertiary/aromatic N) is 2. The van der Waals surface area contributed by atoms with Gasteiger partial charge in [-0.15, -0.1) is 0 Å². The molecule has 1 aliphatic heterocycles. The molecule has 0 radical (unpaired) electrons. The Morgan fingerprint density at radius 2 is 1.69 bits per heavy atom. The molecule has 0 aliphatic carbocycles. The monoisotopic (exact) mass is 498 g/mol. The number of ether oxygens (including phenoxy) is 2. The largest absolute Gasteiger partial charge is 0.497 e. The lowest BCUT2D eigenvalue weighted by Crippen LogP contribution is -2.43. The molecule has 3 aromatic rings. The lowest BCUT2D eigenvalue weighted by atomic mass is 10.0. The zero-order valence-corrected chi connectivity index (χ0v) is 20.4. The molecule has 0 aromatic heterocycles. The first kappa shape index (κ1) is 24.5. The van der Waals surface area contributed by atoms with Gasteiger partial charge in [-0.25, -0.2) is 12.8 Å². The number of halogens is 1. The van der Waals surface area contributed by atoms with Crippen LogP contribution in [0.3, 0.4) is 0 Å². The van der Waals surface area contributed by atoms with Gasteiger partial charge in [0, 0.05) is 6.54 Å². The lowest BCUT2D eigenvalue weighted by molar-refractivity contribution is -0.130. The highest BCUT2D eigenvalue weighted by Gasteiger charge is 2.35. The fourth-order valence-electron chi connectivity index (χ4n) is 4.32. The van der Waals surface area contributed by atoms with Crippen LogP contribution in [0, 0.1) is 5.82 Å². The number of hydrogen-bond acceptors (Lipinski definition) is 5. The summed E-state index contributed by atoms with van der Waals surface area (Å²) in [6, 6.07) is 18.5. The summed E-state index contributed by atoms with van der Waals surface area (Å²) < 4.78 is 52.6. The minimum absolute atomic E-state index is 0.0218. The number of methoxy groups -OCH3 is 2. The number of anilines is 1. The van der Waals surface area contributed by atoms with E-state index in [1.165, 1.54) is 38.5 Å². The van der Waals surface area contributed by atoms with E-state index < -0.39 is 16.6 Å². The molecule has 1 heterocycles. The average Bonchev–Trinajstić information content (AvgIpc) is 3.37. The highest BCUT2D eigenvalue weighted by atomic mass is 32.2. The van der Waals surface area contributed by atoms with Crippen molar-refractivity contribution < 1.29 is 27.1 Å². The molecule has 1 fully saturated rings. The molecule has 1 unspecified atom stereocenters. The third-order valence-electron chi connectivity index (χ3n) is 6.11. The molecule has 3 aromatic carbocycles. The van der Waals surface area contributed by atoms with Gasteiger partial charge in [0.2, 0.25) is 5.91 Å². The van der Waals surface area contributed by atoms with Gasteiger partial charge in [0.05, 0.1) is 30.8 Å². The molecule has 1 atom stereocenters. The predicted octanol–water partition coefficient (Wildman–Crippen LogP) is 4.40. The van der Waals surface area contributed by atoms with Crippen molar-refractivity contribution in [2.45, 2.75) is 23.8 Å². The summed E-state index contributed by atoms with van der Waals surface area (Å²) in [5.41, 5.74) is 1.08. The number of sulfonamides is 1. The van der Waals surface area contributed by atoms with Gasteiger partial charge in [0.15, 0.2) is 0 Å². The summed E-state index contributed by atoms with van der Waals surface area (Å²) in [4.78, 5) is 15.2. The smallest absolute Gasteiger partial charge is 0.264 e. The fourth-order valence-corrected chi connectivity index (χ4v) is 5.75. The SMILES string of the molecule is COc1ccc(S(=O)(=O)N(CC(=O)N2CCCC2c2ccc(F)cc2)c2ccccc2OC)cc1. The molecular weight excluding hydrogens is 471 g/mol. The van der Waals surface area contributed by atoms with E-state index in [4.69, 9.17) is 9.47 Å². The summed E-state index contributed by atoms with van der Waals surface area (Å²) in [5, 5.41) is 0. The predicted molar refractivity (Wildman–Crippen MR) is 131 cm³/mol. The second kappa shape index (κ2) is 10.4. The Morgan fingerprint density at radius 3 is 2.34 bits per heavy atom. The van der Waals surface area contributed by atoms with E-state index in [1.54, 1.807) is 53.4 Å². The third-order valence-corrected chi connectivity index (χ3v) is 7.88. The Hall–Kier alpha value is -3.59. The second-order valence-electron chi connectivity index (χ2n) is 8.16. The standard InChI is InChI=1S/C26H27FN2O5S/c1-33-21-13-15-22(16-14-21)35(31,32)29(24-6-3-4-8-25(24)34-2)18-26(30)28-17-5-7-23(28)19-9-11-20(27)12-10-19/h3-4,6,8-16,23H,5,7,17-18H2,1-2H3. The lowest BCUT2D eigenvalue weighted by Gasteiger charge is -2.30. The summed E-state index contributed by atoms with van der Waals surface area (Å²) in [5.74, 6) is 0.148. The molecule has 4 rings (SSSR count). The summed E-state index contributed by atoms with van der Waals surface area (Å²) in [6.45, 7) is 0.0790. The molecular formula is C26H27FN2O5S. The molecule has 0 bridgehead atoms.